The molecule has 250 valence electrons. The van der Waals surface area contributed by atoms with Crippen LogP contribution in [0.2, 0.25) is 0 Å². The molecule has 0 spiro atoms. The molecular weight excluding hydrogens is 691 g/mol. The number of carbonyl (C=O) groups excluding carboxylic acids is 1. The average molecular weight is 706 g/mol. The topological polar surface area (TPSA) is 74.3 Å². The fourth-order valence-electron chi connectivity index (χ4n) is 3.06. The van der Waals surface area contributed by atoms with E-state index in [1.165, 1.54) is 5.56 Å². The predicted octanol–water partition coefficient (Wildman–Crippen LogP) is 6.67. The van der Waals surface area contributed by atoms with Crippen molar-refractivity contribution in [2.75, 3.05) is 11.5 Å². The number of aryl methyl sites for hydroxylation is 1. The zero-order valence-electron chi connectivity index (χ0n) is 20.3. The van der Waals surface area contributed by atoms with E-state index in [2.05, 4.69) is 24.3 Å². The van der Waals surface area contributed by atoms with Crippen LogP contribution >= 0.6 is 0 Å². The van der Waals surface area contributed by atoms with Crippen molar-refractivity contribution >= 4 is 26.1 Å². The number of hydrogen-bond acceptors (Lipinski definition) is 4. The molecule has 1 aliphatic rings. The largest absolute Gasteiger partial charge is 0.743 e. The van der Waals surface area contributed by atoms with Gasteiger partial charge in [0.2, 0.25) is 0 Å². The lowest BCUT2D eigenvalue weighted by Gasteiger charge is -2.42. The Morgan fingerprint density at radius 2 is 1.05 bits per heavy atom. The lowest BCUT2D eigenvalue weighted by atomic mass is 9.91. The second-order valence-electron chi connectivity index (χ2n) is 8.53. The molecule has 1 aromatic carbocycles. The third kappa shape index (κ3) is 6.66. The average Bonchev–Trinajstić information content (AvgIpc) is 3.26. The van der Waals surface area contributed by atoms with Crippen molar-refractivity contribution in [3.8, 4) is 0 Å². The molecule has 1 aliphatic heterocycles. The maximum Gasteiger partial charge on any atom is 0.460 e. The van der Waals surface area contributed by atoms with Crippen LogP contribution in [-0.2, 0) is 32.2 Å². The van der Waals surface area contributed by atoms with Gasteiger partial charge in [-0.25, -0.2) is 13.2 Å². The molecule has 1 heterocycles. The first-order chi connectivity index (χ1) is 18.9. The molecule has 1 saturated heterocycles. The number of rotatable bonds is 10. The summed E-state index contributed by atoms with van der Waals surface area (Å²) >= 11 is 0. The number of benzene rings is 1. The zero-order chi connectivity index (χ0) is 34.3. The maximum absolute atomic E-state index is 13.0. The van der Waals surface area contributed by atoms with Crippen LogP contribution in [0, 0.1) is 0 Å². The van der Waals surface area contributed by atoms with E-state index < -0.39 is 57.1 Å². The van der Waals surface area contributed by atoms with Gasteiger partial charge >= 0.3 is 52.1 Å². The molecule has 0 N–H and O–H groups in total. The van der Waals surface area contributed by atoms with E-state index in [0.717, 1.165) is 30.8 Å². The molecule has 1 aromatic rings. The summed E-state index contributed by atoms with van der Waals surface area (Å²) in [4.78, 5) is 11.4. The van der Waals surface area contributed by atoms with Crippen LogP contribution in [0.1, 0.15) is 18.4 Å². The second-order valence-corrected chi connectivity index (χ2v) is 12.2. The summed E-state index contributed by atoms with van der Waals surface area (Å²) < 4.78 is 244. The van der Waals surface area contributed by atoms with Crippen LogP contribution in [0.3, 0.4) is 0 Å². The molecule has 0 aromatic heterocycles. The SMILES string of the molecule is O=C1CCC[S+]1CCc1ccccc1.O=S(=O)([O-])C(F)(F)C(F)(F)C(F)(F)C(F)(F)C(F)(F)C(F)(F)C(F)(F)C(F)(F)F. The lowest BCUT2D eigenvalue weighted by Crippen LogP contribution is -2.75. The van der Waals surface area contributed by atoms with Crippen LogP contribution < -0.4 is 0 Å². The highest BCUT2D eigenvalue weighted by atomic mass is 32.2. The molecule has 4 nitrogen and oxygen atoms in total. The Bertz CT molecular complexity index is 1230. The van der Waals surface area contributed by atoms with Crippen LogP contribution in [-0.4, -0.2) is 76.6 Å². The number of halogens is 17. The molecule has 43 heavy (non-hydrogen) atoms. The highest BCUT2D eigenvalue weighted by Gasteiger charge is 2.95. The van der Waals surface area contributed by atoms with Crippen molar-refractivity contribution in [1.82, 2.24) is 0 Å². The van der Waals surface area contributed by atoms with Gasteiger partial charge in [-0.05, 0) is 5.56 Å². The molecule has 0 bridgehead atoms. The third-order valence-electron chi connectivity index (χ3n) is 5.58. The molecule has 1 fully saturated rings. The second kappa shape index (κ2) is 12.0. The molecule has 1 unspecified atom stereocenters. The first-order valence-corrected chi connectivity index (χ1v) is 13.7. The molecule has 0 amide bonds. The van der Waals surface area contributed by atoms with Gasteiger partial charge in [-0.15, -0.1) is 0 Å². The Balaban J connectivity index is 0.000000541. The first-order valence-electron chi connectivity index (χ1n) is 10.8. The molecule has 0 aliphatic carbocycles. The van der Waals surface area contributed by atoms with Crippen molar-refractivity contribution in [2.24, 2.45) is 0 Å². The first kappa shape index (κ1) is 39.0. The summed E-state index contributed by atoms with van der Waals surface area (Å²) in [7, 11) is -8.05. The van der Waals surface area contributed by atoms with E-state index >= 15 is 0 Å². The Kier molecular flexibility index (Phi) is 10.9. The Morgan fingerprint density at radius 3 is 1.40 bits per heavy atom. The van der Waals surface area contributed by atoms with Crippen molar-refractivity contribution in [1.29, 1.82) is 0 Å². The molecular formula is C20H15F17O4S2. The van der Waals surface area contributed by atoms with Gasteiger partial charge in [0, 0.05) is 12.8 Å². The van der Waals surface area contributed by atoms with Gasteiger partial charge in [-0.3, -0.25) is 0 Å². The fraction of sp³-hybridized carbons (Fsp3) is 0.650. The van der Waals surface area contributed by atoms with Crippen LogP contribution in [0.5, 0.6) is 0 Å². The zero-order valence-corrected chi connectivity index (χ0v) is 21.9. The minimum absolute atomic E-state index is 0.0886. The standard InChI is InChI=1S/C12H15OS.C8HF17O3S/c13-12-7-4-9-14(12)10-8-11-5-2-1-3-6-11;9-1(10,3(13,14)5(17,18)7(21,22)23)2(11,12)4(15,16)6(19,20)8(24,25)29(26,27)28/h1-3,5-6H,4,7-10H2;(H,26,27,28)/q+1;/p-1. The monoisotopic (exact) mass is 706 g/mol. The van der Waals surface area contributed by atoms with E-state index in [9.17, 15) is 92.4 Å². The normalized spacial score (nSPS) is 18.4. The van der Waals surface area contributed by atoms with E-state index in [1.54, 1.807) is 0 Å². The number of hydrogen-bond donors (Lipinski definition) is 0. The maximum atomic E-state index is 13.0. The number of alkyl halides is 17. The molecule has 0 radical (unpaired) electrons. The highest BCUT2D eigenvalue weighted by molar-refractivity contribution is 8.11. The van der Waals surface area contributed by atoms with Crippen molar-refractivity contribution < 1.29 is 92.4 Å². The van der Waals surface area contributed by atoms with Crippen LogP contribution in [0.15, 0.2) is 30.3 Å². The summed E-state index contributed by atoms with van der Waals surface area (Å²) in [5.74, 6) is -49.9. The van der Waals surface area contributed by atoms with Gasteiger partial charge in [-0.1, -0.05) is 30.3 Å². The van der Waals surface area contributed by atoms with Crippen molar-refractivity contribution in [2.45, 2.75) is 66.2 Å². The van der Waals surface area contributed by atoms with Crippen LogP contribution in [0.4, 0.5) is 74.6 Å². The van der Waals surface area contributed by atoms with Crippen molar-refractivity contribution in [3.63, 3.8) is 0 Å². The predicted molar refractivity (Wildman–Crippen MR) is 112 cm³/mol. The fourth-order valence-corrected chi connectivity index (χ4v) is 5.57. The Hall–Kier alpha value is -2.04. The molecule has 2 rings (SSSR count). The molecule has 1 atom stereocenters. The quantitative estimate of drug-likeness (QED) is 0.155. The van der Waals surface area contributed by atoms with Crippen molar-refractivity contribution in [3.05, 3.63) is 35.9 Å². The number of carbonyl (C=O) groups is 1. The minimum Gasteiger partial charge on any atom is -0.743 e. The summed E-state index contributed by atoms with van der Waals surface area (Å²) in [5, 5.41) is -7.44. The van der Waals surface area contributed by atoms with Crippen LogP contribution in [0.25, 0.3) is 0 Å². The third-order valence-corrected chi connectivity index (χ3v) is 8.79. The van der Waals surface area contributed by atoms with E-state index in [-0.39, 0.29) is 10.9 Å². The van der Waals surface area contributed by atoms with Gasteiger partial charge in [0.25, 0.3) is 0 Å². The summed E-state index contributed by atoms with van der Waals surface area (Å²) in [6.07, 6.45) is -4.87. The van der Waals surface area contributed by atoms with E-state index in [1.807, 2.05) is 6.07 Å². The van der Waals surface area contributed by atoms with E-state index in [4.69, 9.17) is 0 Å². The minimum atomic E-state index is -8.92. The van der Waals surface area contributed by atoms with Gasteiger partial charge in [0.15, 0.2) is 10.1 Å². The lowest BCUT2D eigenvalue weighted by molar-refractivity contribution is -0.458. The van der Waals surface area contributed by atoms with Gasteiger partial charge < -0.3 is 4.55 Å². The van der Waals surface area contributed by atoms with E-state index in [0.29, 0.717) is 5.12 Å². The van der Waals surface area contributed by atoms with Gasteiger partial charge in [-0.2, -0.15) is 74.6 Å². The summed E-state index contributed by atoms with van der Waals surface area (Å²) in [5.41, 5.74) is 1.36. The summed E-state index contributed by atoms with van der Waals surface area (Å²) in [6.45, 7) is 0. The smallest absolute Gasteiger partial charge is 0.460 e. The van der Waals surface area contributed by atoms with Gasteiger partial charge in [0.1, 0.15) is 11.5 Å². The summed E-state index contributed by atoms with van der Waals surface area (Å²) in [6, 6.07) is 10.4. The highest BCUT2D eigenvalue weighted by Crippen LogP contribution is 2.64. The Morgan fingerprint density at radius 1 is 0.651 bits per heavy atom. The van der Waals surface area contributed by atoms with Gasteiger partial charge in [0.05, 0.1) is 17.3 Å². The molecule has 0 saturated carbocycles. The molecule has 23 heteroatoms. The Labute approximate surface area is 232 Å².